The van der Waals surface area contributed by atoms with Gasteiger partial charge < -0.3 is 9.32 Å². The molecule has 0 amide bonds. The number of hydrogen-bond acceptors (Lipinski definition) is 2. The van der Waals surface area contributed by atoms with Crippen molar-refractivity contribution in [2.75, 3.05) is 4.90 Å². The SMILES string of the molecule is c1ccc(-c2cccc(N(c3ccc4c(c3)c(-c3ccccc3)c(-c3ccccc3)c3ccccc34)c3cccc4c3oc3ccccc34)c2)cc1. The van der Waals surface area contributed by atoms with Gasteiger partial charge in [0.05, 0.1) is 5.69 Å². The maximum atomic E-state index is 6.70. The molecule has 0 saturated carbocycles. The molecule has 1 aromatic heterocycles. The number of nitrogens with zero attached hydrogens (tertiary/aromatic N) is 1. The second kappa shape index (κ2) is 12.5. The number of anilines is 3. The normalized spacial score (nSPS) is 11.5. The van der Waals surface area contributed by atoms with Crippen molar-refractivity contribution in [2.24, 2.45) is 0 Å². The number of furan rings is 1. The lowest BCUT2D eigenvalue weighted by atomic mass is 9.85. The Morgan fingerprint density at radius 2 is 0.827 bits per heavy atom. The van der Waals surface area contributed by atoms with E-state index in [1.807, 2.05) is 6.07 Å². The smallest absolute Gasteiger partial charge is 0.159 e. The Morgan fingerprint density at radius 3 is 1.56 bits per heavy atom. The first kappa shape index (κ1) is 30.0. The van der Waals surface area contributed by atoms with E-state index in [-0.39, 0.29) is 0 Å². The van der Waals surface area contributed by atoms with Crippen molar-refractivity contribution in [3.05, 3.63) is 200 Å². The van der Waals surface area contributed by atoms with E-state index in [0.29, 0.717) is 0 Å². The van der Waals surface area contributed by atoms with E-state index in [0.717, 1.165) is 44.6 Å². The van der Waals surface area contributed by atoms with Gasteiger partial charge in [-0.2, -0.15) is 0 Å². The number of benzene rings is 9. The van der Waals surface area contributed by atoms with E-state index in [1.165, 1.54) is 49.4 Å². The monoisotopic (exact) mass is 663 g/mol. The highest BCUT2D eigenvalue weighted by molar-refractivity contribution is 6.22. The average Bonchev–Trinajstić information content (AvgIpc) is 3.61. The van der Waals surface area contributed by atoms with E-state index in [2.05, 4.69) is 199 Å². The quantitative estimate of drug-likeness (QED) is 0.165. The van der Waals surface area contributed by atoms with Gasteiger partial charge >= 0.3 is 0 Å². The fourth-order valence-corrected chi connectivity index (χ4v) is 7.92. The van der Waals surface area contributed by atoms with Gasteiger partial charge in [0.1, 0.15) is 5.58 Å². The third kappa shape index (κ3) is 4.96. The van der Waals surface area contributed by atoms with Gasteiger partial charge in [-0.25, -0.2) is 0 Å². The fraction of sp³-hybridized carbons (Fsp3) is 0. The summed E-state index contributed by atoms with van der Waals surface area (Å²) in [7, 11) is 0. The Balaban J connectivity index is 1.31. The van der Waals surface area contributed by atoms with Gasteiger partial charge in [0.25, 0.3) is 0 Å². The topological polar surface area (TPSA) is 16.4 Å². The summed E-state index contributed by atoms with van der Waals surface area (Å²) < 4.78 is 6.70. The average molecular weight is 664 g/mol. The molecule has 2 nitrogen and oxygen atoms in total. The van der Waals surface area contributed by atoms with Crippen LogP contribution >= 0.6 is 0 Å². The number of hydrogen-bond donors (Lipinski definition) is 0. The molecule has 10 aromatic rings. The highest BCUT2D eigenvalue weighted by atomic mass is 16.3. The highest BCUT2D eigenvalue weighted by Gasteiger charge is 2.23. The van der Waals surface area contributed by atoms with Gasteiger partial charge in [0.2, 0.25) is 0 Å². The van der Waals surface area contributed by atoms with Gasteiger partial charge in [0, 0.05) is 22.1 Å². The second-order valence-corrected chi connectivity index (χ2v) is 13.3. The van der Waals surface area contributed by atoms with Crippen molar-refractivity contribution < 1.29 is 4.42 Å². The summed E-state index contributed by atoms with van der Waals surface area (Å²) >= 11 is 0. The summed E-state index contributed by atoms with van der Waals surface area (Å²) in [6, 6.07) is 71.6. The van der Waals surface area contributed by atoms with Crippen molar-refractivity contribution in [2.45, 2.75) is 0 Å². The summed E-state index contributed by atoms with van der Waals surface area (Å²) in [5.74, 6) is 0. The predicted octanol–water partition coefficient (Wildman–Crippen LogP) is 14.4. The van der Waals surface area contributed by atoms with E-state index in [9.17, 15) is 0 Å². The van der Waals surface area contributed by atoms with Crippen LogP contribution in [0.3, 0.4) is 0 Å². The summed E-state index contributed by atoms with van der Waals surface area (Å²) in [6.07, 6.45) is 0. The number of rotatable bonds is 6. The van der Waals surface area contributed by atoms with Crippen LogP contribution in [0.4, 0.5) is 17.1 Å². The van der Waals surface area contributed by atoms with Crippen molar-refractivity contribution in [3.8, 4) is 33.4 Å². The van der Waals surface area contributed by atoms with Crippen molar-refractivity contribution >= 4 is 60.5 Å². The molecular weight excluding hydrogens is 631 g/mol. The van der Waals surface area contributed by atoms with Crippen LogP contribution in [-0.4, -0.2) is 0 Å². The molecule has 52 heavy (non-hydrogen) atoms. The minimum atomic E-state index is 0.862. The molecule has 0 saturated heterocycles. The van der Waals surface area contributed by atoms with Gasteiger partial charge in [-0.1, -0.05) is 164 Å². The molecule has 9 aromatic carbocycles. The van der Waals surface area contributed by atoms with E-state index >= 15 is 0 Å². The van der Waals surface area contributed by atoms with E-state index in [4.69, 9.17) is 4.42 Å². The second-order valence-electron chi connectivity index (χ2n) is 13.3. The lowest BCUT2D eigenvalue weighted by Crippen LogP contribution is -2.10. The van der Waals surface area contributed by atoms with Crippen LogP contribution in [0.5, 0.6) is 0 Å². The molecule has 0 spiro atoms. The maximum Gasteiger partial charge on any atom is 0.159 e. The van der Waals surface area contributed by atoms with E-state index < -0.39 is 0 Å². The highest BCUT2D eigenvalue weighted by Crippen LogP contribution is 2.48. The molecule has 0 aliphatic rings. The molecule has 0 N–H and O–H groups in total. The van der Waals surface area contributed by atoms with Crippen molar-refractivity contribution in [1.82, 2.24) is 0 Å². The lowest BCUT2D eigenvalue weighted by Gasteiger charge is -2.27. The zero-order valence-electron chi connectivity index (χ0n) is 28.4. The van der Waals surface area contributed by atoms with Crippen LogP contribution in [0, 0.1) is 0 Å². The van der Waals surface area contributed by atoms with Gasteiger partial charge in [0.15, 0.2) is 5.58 Å². The minimum absolute atomic E-state index is 0.862. The first-order valence-corrected chi connectivity index (χ1v) is 17.8. The molecule has 0 aliphatic heterocycles. The molecule has 10 rings (SSSR count). The molecule has 0 radical (unpaired) electrons. The maximum absolute atomic E-state index is 6.70. The van der Waals surface area contributed by atoms with Crippen LogP contribution in [0.1, 0.15) is 0 Å². The third-order valence-corrected chi connectivity index (χ3v) is 10.2. The van der Waals surface area contributed by atoms with Crippen LogP contribution in [0.25, 0.3) is 76.9 Å². The largest absolute Gasteiger partial charge is 0.454 e. The summed E-state index contributed by atoms with van der Waals surface area (Å²) in [5.41, 5.74) is 12.0. The van der Waals surface area contributed by atoms with Gasteiger partial charge in [-0.3, -0.25) is 0 Å². The van der Waals surface area contributed by atoms with Crippen LogP contribution in [-0.2, 0) is 0 Å². The Labute approximate surface area is 302 Å². The lowest BCUT2D eigenvalue weighted by molar-refractivity contribution is 0.669. The summed E-state index contributed by atoms with van der Waals surface area (Å²) in [4.78, 5) is 2.36. The van der Waals surface area contributed by atoms with Crippen LogP contribution in [0.15, 0.2) is 205 Å². The molecule has 1 heterocycles. The minimum Gasteiger partial charge on any atom is -0.454 e. The first-order valence-electron chi connectivity index (χ1n) is 17.8. The fourth-order valence-electron chi connectivity index (χ4n) is 7.92. The standard InChI is InChI=1S/C50H33NO/c1-4-16-34(17-5-1)37-22-14-23-38(32-37)51(46-28-15-27-44-42-25-12-13-29-47(42)52-50(44)46)39-30-31-41-40-24-10-11-26-43(40)48(35-18-6-2-7-19-35)49(45(41)33-39)36-20-8-3-9-21-36/h1-33H. The molecule has 0 fully saturated rings. The van der Waals surface area contributed by atoms with Gasteiger partial charge in [-0.15, -0.1) is 0 Å². The Bertz CT molecular complexity index is 2890. The van der Waals surface area contributed by atoms with Crippen LogP contribution < -0.4 is 4.90 Å². The Hall–Kier alpha value is -6.90. The van der Waals surface area contributed by atoms with Crippen molar-refractivity contribution in [1.29, 1.82) is 0 Å². The molecular formula is C50H33NO. The molecule has 0 unspecified atom stereocenters. The number of para-hydroxylation sites is 2. The molecule has 0 aliphatic carbocycles. The predicted molar refractivity (Wildman–Crippen MR) is 220 cm³/mol. The summed E-state index contributed by atoms with van der Waals surface area (Å²) in [6.45, 7) is 0. The molecule has 244 valence electrons. The molecule has 2 heteroatoms. The zero-order valence-corrected chi connectivity index (χ0v) is 28.4. The number of fused-ring (bicyclic) bond motifs is 6. The summed E-state index contributed by atoms with van der Waals surface area (Å²) in [5, 5.41) is 7.11. The van der Waals surface area contributed by atoms with Gasteiger partial charge in [-0.05, 0) is 91.3 Å². The third-order valence-electron chi connectivity index (χ3n) is 10.2. The Kier molecular flexibility index (Phi) is 7.18. The molecule has 0 atom stereocenters. The van der Waals surface area contributed by atoms with E-state index in [1.54, 1.807) is 0 Å². The zero-order chi connectivity index (χ0) is 34.4. The first-order chi connectivity index (χ1) is 25.8. The Morgan fingerprint density at radius 1 is 0.308 bits per heavy atom. The van der Waals surface area contributed by atoms with Crippen molar-refractivity contribution in [3.63, 3.8) is 0 Å². The van der Waals surface area contributed by atoms with Crippen LogP contribution in [0.2, 0.25) is 0 Å². The molecule has 0 bridgehead atoms.